The molecule has 1 unspecified atom stereocenters. The van der Waals surface area contributed by atoms with Crippen molar-refractivity contribution in [3.05, 3.63) is 75.6 Å². The summed E-state index contributed by atoms with van der Waals surface area (Å²) in [6.45, 7) is 8.22. The van der Waals surface area contributed by atoms with E-state index in [1.807, 2.05) is 18.2 Å². The highest BCUT2D eigenvalue weighted by Crippen LogP contribution is 2.36. The standard InChI is InChI=1S/C26H30N2O3S/c1-4-5-10-21(16-22-11-8-15-32-22)27-17-20-9-6-12-23-18(2)28(26(31)25(20)23)24(19(3)30)13-7-14-29/h6,8-12,14-15,24,27H,2,4-5,7,13,16-17H2,1,3H3. The molecule has 3 rings (SSSR count). The van der Waals surface area contributed by atoms with Crippen molar-refractivity contribution in [3.63, 3.8) is 0 Å². The molecule has 0 bridgehead atoms. The van der Waals surface area contributed by atoms with Crippen LogP contribution in [0.5, 0.6) is 0 Å². The number of ketones is 1. The van der Waals surface area contributed by atoms with Crippen LogP contribution in [0.1, 0.15) is 65.9 Å². The number of Topliss-reactive ketones (excluding diaryl/α,β-unsaturated/α-hetero) is 1. The molecule has 2 aromatic rings. The number of rotatable bonds is 12. The number of allylic oxidation sites excluding steroid dienone is 2. The first kappa shape index (κ1) is 23.7. The number of unbranched alkanes of at least 4 members (excludes halogenated alkanes) is 1. The normalized spacial score (nSPS) is 14.4. The minimum Gasteiger partial charge on any atom is -0.384 e. The maximum atomic E-state index is 13.4. The van der Waals surface area contributed by atoms with E-state index >= 15 is 0 Å². The monoisotopic (exact) mass is 450 g/mol. The maximum Gasteiger partial charge on any atom is 0.259 e. The molecule has 1 aliphatic heterocycles. The second kappa shape index (κ2) is 11.0. The Kier molecular flexibility index (Phi) is 8.17. The number of benzene rings is 1. The number of thiophene rings is 1. The number of amides is 1. The van der Waals surface area contributed by atoms with Gasteiger partial charge in [0.2, 0.25) is 0 Å². The number of carbonyl (C=O) groups excluding carboxylic acids is 3. The van der Waals surface area contributed by atoms with E-state index in [9.17, 15) is 14.4 Å². The van der Waals surface area contributed by atoms with E-state index in [1.54, 1.807) is 11.3 Å². The fraction of sp³-hybridized carbons (Fsp3) is 0.346. The number of carbonyl (C=O) groups is 3. The van der Waals surface area contributed by atoms with Gasteiger partial charge in [0.25, 0.3) is 5.91 Å². The Morgan fingerprint density at radius 2 is 2.06 bits per heavy atom. The van der Waals surface area contributed by atoms with Gasteiger partial charge in [-0.05, 0) is 36.8 Å². The van der Waals surface area contributed by atoms with Crippen LogP contribution < -0.4 is 5.32 Å². The third kappa shape index (κ3) is 5.25. The molecule has 0 spiro atoms. The van der Waals surface area contributed by atoms with Gasteiger partial charge in [0.1, 0.15) is 6.29 Å². The van der Waals surface area contributed by atoms with Gasteiger partial charge in [-0.3, -0.25) is 14.5 Å². The topological polar surface area (TPSA) is 66.5 Å². The molecule has 5 nitrogen and oxygen atoms in total. The fourth-order valence-electron chi connectivity index (χ4n) is 4.02. The number of hydrogen-bond acceptors (Lipinski definition) is 5. The van der Waals surface area contributed by atoms with Crippen molar-refractivity contribution in [1.82, 2.24) is 10.2 Å². The van der Waals surface area contributed by atoms with Gasteiger partial charge in [-0.2, -0.15) is 0 Å². The summed E-state index contributed by atoms with van der Waals surface area (Å²) in [5, 5.41) is 5.60. The molecule has 0 fully saturated rings. The third-order valence-electron chi connectivity index (χ3n) is 5.65. The van der Waals surface area contributed by atoms with E-state index in [2.05, 4.69) is 42.4 Å². The van der Waals surface area contributed by atoms with Gasteiger partial charge >= 0.3 is 0 Å². The summed E-state index contributed by atoms with van der Waals surface area (Å²) < 4.78 is 0. The predicted molar refractivity (Wildman–Crippen MR) is 129 cm³/mol. The summed E-state index contributed by atoms with van der Waals surface area (Å²) in [5.41, 5.74) is 3.89. The zero-order valence-corrected chi connectivity index (χ0v) is 19.5. The first-order valence-corrected chi connectivity index (χ1v) is 11.9. The summed E-state index contributed by atoms with van der Waals surface area (Å²) in [5.74, 6) is -0.361. The smallest absolute Gasteiger partial charge is 0.259 e. The number of aldehydes is 1. The maximum absolute atomic E-state index is 13.4. The number of nitrogens with one attached hydrogen (secondary N) is 1. The average Bonchev–Trinajstić information content (AvgIpc) is 3.38. The molecule has 2 heterocycles. The van der Waals surface area contributed by atoms with E-state index in [1.165, 1.54) is 16.7 Å². The minimum atomic E-state index is -0.674. The first-order chi connectivity index (χ1) is 15.5. The van der Waals surface area contributed by atoms with Gasteiger partial charge in [-0.1, -0.05) is 50.3 Å². The van der Waals surface area contributed by atoms with E-state index in [-0.39, 0.29) is 18.1 Å². The van der Waals surface area contributed by atoms with Crippen LogP contribution in [0.25, 0.3) is 5.70 Å². The van der Waals surface area contributed by atoms with Crippen molar-refractivity contribution in [3.8, 4) is 0 Å². The summed E-state index contributed by atoms with van der Waals surface area (Å²) in [6, 6.07) is 9.23. The van der Waals surface area contributed by atoms with E-state index in [0.29, 0.717) is 24.2 Å². The van der Waals surface area contributed by atoms with Crippen LogP contribution in [0.3, 0.4) is 0 Å². The second-order valence-electron chi connectivity index (χ2n) is 7.96. The number of nitrogens with zero attached hydrogens (tertiary/aromatic N) is 1. The molecule has 1 amide bonds. The van der Waals surface area contributed by atoms with Crippen LogP contribution >= 0.6 is 11.3 Å². The van der Waals surface area contributed by atoms with Gasteiger partial charge in [0.05, 0.1) is 11.6 Å². The van der Waals surface area contributed by atoms with Crippen LogP contribution in [0, 0.1) is 0 Å². The molecule has 0 radical (unpaired) electrons. The van der Waals surface area contributed by atoms with Crippen molar-refractivity contribution in [2.45, 2.75) is 58.5 Å². The molecule has 32 heavy (non-hydrogen) atoms. The molecule has 0 saturated heterocycles. The largest absolute Gasteiger partial charge is 0.384 e. The lowest BCUT2D eigenvalue weighted by atomic mass is 10.0. The van der Waals surface area contributed by atoms with Gasteiger partial charge in [-0.15, -0.1) is 11.3 Å². The molecule has 6 heteroatoms. The van der Waals surface area contributed by atoms with Gasteiger partial charge < -0.3 is 10.1 Å². The van der Waals surface area contributed by atoms with Crippen molar-refractivity contribution in [2.75, 3.05) is 0 Å². The molecule has 0 aliphatic carbocycles. The molecule has 1 aromatic heterocycles. The average molecular weight is 451 g/mol. The Labute approximate surface area is 193 Å². The zero-order valence-electron chi connectivity index (χ0n) is 18.7. The Morgan fingerprint density at radius 3 is 2.72 bits per heavy atom. The Hall–Kier alpha value is -2.99. The Morgan fingerprint density at radius 1 is 1.25 bits per heavy atom. The number of fused-ring (bicyclic) bond motifs is 1. The van der Waals surface area contributed by atoms with Crippen molar-refractivity contribution in [1.29, 1.82) is 0 Å². The molecular formula is C26H30N2O3S. The summed E-state index contributed by atoms with van der Waals surface area (Å²) in [7, 11) is 0. The summed E-state index contributed by atoms with van der Waals surface area (Å²) in [6.07, 6.45) is 6.41. The SMILES string of the molecule is C=C1c2cccc(CNC(=CCCC)Cc3cccs3)c2C(=O)N1C(CCC=O)C(C)=O. The predicted octanol–water partition coefficient (Wildman–Crippen LogP) is 5.13. The van der Waals surface area contributed by atoms with Gasteiger partial charge in [-0.25, -0.2) is 0 Å². The molecule has 1 N–H and O–H groups in total. The first-order valence-electron chi connectivity index (χ1n) is 11.0. The van der Waals surface area contributed by atoms with E-state index < -0.39 is 6.04 Å². The lowest BCUT2D eigenvalue weighted by Crippen LogP contribution is -2.39. The molecular weight excluding hydrogens is 420 g/mol. The molecule has 1 atom stereocenters. The molecule has 168 valence electrons. The highest BCUT2D eigenvalue weighted by molar-refractivity contribution is 7.09. The van der Waals surface area contributed by atoms with Crippen LogP contribution in [-0.2, 0) is 22.6 Å². The van der Waals surface area contributed by atoms with E-state index in [4.69, 9.17) is 0 Å². The highest BCUT2D eigenvalue weighted by Gasteiger charge is 2.38. The third-order valence-corrected chi connectivity index (χ3v) is 6.53. The van der Waals surface area contributed by atoms with Crippen molar-refractivity contribution < 1.29 is 14.4 Å². The lowest BCUT2D eigenvalue weighted by molar-refractivity contribution is -0.120. The molecule has 1 aliphatic rings. The Balaban J connectivity index is 1.83. The van der Waals surface area contributed by atoms with Gasteiger partial charge in [0.15, 0.2) is 5.78 Å². The highest BCUT2D eigenvalue weighted by atomic mass is 32.1. The van der Waals surface area contributed by atoms with Crippen molar-refractivity contribution >= 4 is 35.0 Å². The van der Waals surface area contributed by atoms with Gasteiger partial charge in [0, 0.05) is 41.2 Å². The fourth-order valence-corrected chi connectivity index (χ4v) is 4.75. The van der Waals surface area contributed by atoms with Crippen molar-refractivity contribution in [2.24, 2.45) is 0 Å². The lowest BCUT2D eigenvalue weighted by Gasteiger charge is -2.26. The molecule has 0 saturated carbocycles. The van der Waals surface area contributed by atoms with Crippen LogP contribution in [-0.4, -0.2) is 28.9 Å². The molecule has 1 aromatic carbocycles. The number of hydrogen-bond donors (Lipinski definition) is 1. The summed E-state index contributed by atoms with van der Waals surface area (Å²) >= 11 is 1.73. The Bertz CT molecular complexity index is 1020. The summed E-state index contributed by atoms with van der Waals surface area (Å²) in [4.78, 5) is 39.3. The quantitative estimate of drug-likeness (QED) is 0.456. The van der Waals surface area contributed by atoms with Crippen LogP contribution in [0.15, 0.2) is 54.1 Å². The van der Waals surface area contributed by atoms with Crippen LogP contribution in [0.4, 0.5) is 0 Å². The second-order valence-corrected chi connectivity index (χ2v) is 8.99. The zero-order chi connectivity index (χ0) is 23.1. The minimum absolute atomic E-state index is 0.144. The van der Waals surface area contributed by atoms with E-state index in [0.717, 1.165) is 42.4 Å². The van der Waals surface area contributed by atoms with Crippen LogP contribution in [0.2, 0.25) is 0 Å².